The van der Waals surface area contributed by atoms with E-state index in [1.54, 1.807) is 13.8 Å². The third-order valence-electron chi connectivity index (χ3n) is 3.39. The largest absolute Gasteiger partial charge is 0.412 e. The molecule has 27 heavy (non-hydrogen) atoms. The van der Waals surface area contributed by atoms with E-state index in [0.29, 0.717) is 10.2 Å². The van der Waals surface area contributed by atoms with Gasteiger partial charge in [0, 0.05) is 15.6 Å². The third-order valence-corrected chi connectivity index (χ3v) is 3.99. The fourth-order valence-corrected chi connectivity index (χ4v) is 3.13. The van der Waals surface area contributed by atoms with Crippen LogP contribution >= 0.6 is 23.2 Å². The van der Waals surface area contributed by atoms with Crippen LogP contribution in [-0.2, 0) is 10.2 Å². The second-order valence-electron chi connectivity index (χ2n) is 5.75. The van der Waals surface area contributed by atoms with E-state index in [-0.39, 0.29) is 15.7 Å². The van der Waals surface area contributed by atoms with Crippen LogP contribution in [0.4, 0.5) is 4.79 Å². The zero-order valence-corrected chi connectivity index (χ0v) is 15.4. The molecule has 0 radical (unpaired) electrons. The lowest BCUT2D eigenvalue weighted by atomic mass is 9.86. The number of ether oxygens (including phenoxy) is 1. The molecule has 0 aliphatic rings. The highest BCUT2D eigenvalue weighted by atomic mass is 35.5. The Morgan fingerprint density at radius 2 is 1.85 bits per heavy atom. The van der Waals surface area contributed by atoms with Crippen LogP contribution in [0.3, 0.4) is 0 Å². The van der Waals surface area contributed by atoms with Crippen molar-refractivity contribution in [1.82, 2.24) is 14.8 Å². The number of rotatable bonds is 3. The van der Waals surface area contributed by atoms with Gasteiger partial charge in [-0.05, 0) is 26.0 Å². The Kier molecular flexibility index (Phi) is 5.39. The number of aromatic nitrogens is 3. The lowest BCUT2D eigenvalue weighted by Crippen LogP contribution is -2.37. The number of nitrogens with zero attached hydrogens (tertiary/aromatic N) is 3. The number of carbonyl (C=O) groups excluding carboxylic acids is 2. The molecule has 12 heteroatoms. The second kappa shape index (κ2) is 7.22. The molecular weight excluding hydrogens is 401 g/mol. The van der Waals surface area contributed by atoms with Gasteiger partial charge in [-0.15, -0.1) is 0 Å². The highest BCUT2D eigenvalue weighted by Gasteiger charge is 2.27. The van der Waals surface area contributed by atoms with E-state index in [9.17, 15) is 24.4 Å². The molecule has 0 saturated carbocycles. The number of hydrogen-bond acceptors (Lipinski definition) is 7. The minimum absolute atomic E-state index is 0.00290. The average Bonchev–Trinajstić information content (AvgIpc) is 2.53. The molecule has 1 amide bonds. The van der Waals surface area contributed by atoms with E-state index < -0.39 is 34.4 Å². The van der Waals surface area contributed by atoms with Gasteiger partial charge in [0.05, 0.1) is 17.2 Å². The summed E-state index contributed by atoms with van der Waals surface area (Å²) in [7, 11) is 0. The highest BCUT2D eigenvalue weighted by Crippen LogP contribution is 2.36. The van der Waals surface area contributed by atoms with Gasteiger partial charge in [-0.3, -0.25) is 9.78 Å². The van der Waals surface area contributed by atoms with Crippen molar-refractivity contribution in [3.63, 3.8) is 0 Å². The van der Waals surface area contributed by atoms with Crippen LogP contribution in [0.25, 0.3) is 5.69 Å². The number of nitriles is 1. The Labute approximate surface area is 161 Å². The Morgan fingerprint density at radius 1 is 1.30 bits per heavy atom. The van der Waals surface area contributed by atoms with E-state index in [0.717, 1.165) is 0 Å². The Morgan fingerprint density at radius 3 is 2.33 bits per heavy atom. The van der Waals surface area contributed by atoms with Crippen LogP contribution in [0.15, 0.2) is 21.7 Å². The van der Waals surface area contributed by atoms with Gasteiger partial charge < -0.3 is 10.5 Å². The minimum Gasteiger partial charge on any atom is -0.371 e. The van der Waals surface area contributed by atoms with E-state index in [1.165, 1.54) is 12.1 Å². The molecule has 0 fully saturated rings. The summed E-state index contributed by atoms with van der Waals surface area (Å²) in [5, 5.41) is 13.0. The van der Waals surface area contributed by atoms with Gasteiger partial charge in [0.2, 0.25) is 5.69 Å². The van der Waals surface area contributed by atoms with E-state index in [1.807, 2.05) is 4.98 Å². The van der Waals surface area contributed by atoms with Crippen LogP contribution in [-0.4, -0.2) is 26.8 Å². The number of halogens is 2. The van der Waals surface area contributed by atoms with Gasteiger partial charge in [-0.1, -0.05) is 23.2 Å². The maximum Gasteiger partial charge on any atom is 0.412 e. The van der Waals surface area contributed by atoms with E-state index >= 15 is 0 Å². The maximum atomic E-state index is 12.1. The number of carbonyl (C=O) groups is 2. The Bertz CT molecular complexity index is 1090. The van der Waals surface area contributed by atoms with Crippen LogP contribution in [0, 0.1) is 11.3 Å². The van der Waals surface area contributed by atoms with Gasteiger partial charge in [0.25, 0.3) is 5.56 Å². The second-order valence-corrected chi connectivity index (χ2v) is 6.56. The van der Waals surface area contributed by atoms with Gasteiger partial charge in [0.15, 0.2) is 0 Å². The fraction of sp³-hybridized carbons (Fsp3) is 0.200. The molecular formula is C15H11Cl2N5O5. The summed E-state index contributed by atoms with van der Waals surface area (Å²) in [5.41, 5.74) is 0.946. The van der Waals surface area contributed by atoms with Crippen LogP contribution in [0.1, 0.15) is 29.9 Å². The Hall–Kier alpha value is -3.16. The lowest BCUT2D eigenvalue weighted by Gasteiger charge is -2.20. The summed E-state index contributed by atoms with van der Waals surface area (Å²) in [6.07, 6.45) is -1.45. The molecule has 0 unspecified atom stereocenters. The summed E-state index contributed by atoms with van der Waals surface area (Å²) in [4.78, 5) is 48.0. The SMILES string of the molecule is CC(C)(C#N)c1c(Cl)cc(-n2nc(C(=O)OC(N)=O)c(=O)[nH]c2=O)cc1Cl. The molecule has 0 atom stereocenters. The van der Waals surface area contributed by atoms with Crippen molar-refractivity contribution >= 4 is 35.3 Å². The predicted octanol–water partition coefficient (Wildman–Crippen LogP) is 1.26. The number of aromatic amines is 1. The number of nitrogens with one attached hydrogen (secondary N) is 1. The summed E-state index contributed by atoms with van der Waals surface area (Å²) in [6, 6.07) is 4.61. The number of hydrogen-bond donors (Lipinski definition) is 2. The summed E-state index contributed by atoms with van der Waals surface area (Å²) < 4.78 is 4.71. The first-order valence-electron chi connectivity index (χ1n) is 7.14. The molecule has 10 nitrogen and oxygen atoms in total. The number of nitrogens with two attached hydrogens (primary N) is 1. The molecule has 0 aliphatic heterocycles. The highest BCUT2D eigenvalue weighted by molar-refractivity contribution is 6.36. The zero-order chi connectivity index (χ0) is 20.5. The predicted molar refractivity (Wildman–Crippen MR) is 94.1 cm³/mol. The maximum absolute atomic E-state index is 12.1. The molecule has 0 aliphatic carbocycles. The first-order chi connectivity index (χ1) is 12.5. The first-order valence-corrected chi connectivity index (χ1v) is 7.90. The summed E-state index contributed by atoms with van der Waals surface area (Å²) in [5.74, 6) is -1.45. The average molecular weight is 412 g/mol. The van der Waals surface area contributed by atoms with Gasteiger partial charge >= 0.3 is 17.8 Å². The van der Waals surface area contributed by atoms with Gasteiger partial charge in [-0.2, -0.15) is 15.0 Å². The fourth-order valence-electron chi connectivity index (χ4n) is 2.18. The van der Waals surface area contributed by atoms with Crippen LogP contribution in [0.2, 0.25) is 10.0 Å². The van der Waals surface area contributed by atoms with Crippen LogP contribution < -0.4 is 17.0 Å². The number of esters is 1. The number of H-pyrrole nitrogens is 1. The Balaban J connectivity index is 2.68. The topological polar surface area (TPSA) is 161 Å². The van der Waals surface area contributed by atoms with Crippen molar-refractivity contribution in [3.05, 3.63) is 54.3 Å². The minimum atomic E-state index is -1.45. The van der Waals surface area contributed by atoms with Crippen molar-refractivity contribution < 1.29 is 14.3 Å². The van der Waals surface area contributed by atoms with Crippen molar-refractivity contribution in [2.45, 2.75) is 19.3 Å². The lowest BCUT2D eigenvalue weighted by molar-refractivity contribution is 0.0627. The van der Waals surface area contributed by atoms with Gasteiger partial charge in [0.1, 0.15) is 0 Å². The summed E-state index contributed by atoms with van der Waals surface area (Å²) in [6.45, 7) is 3.20. The van der Waals surface area contributed by atoms with Gasteiger partial charge in [-0.25, -0.2) is 14.4 Å². The zero-order valence-electron chi connectivity index (χ0n) is 13.9. The van der Waals surface area contributed by atoms with Crippen molar-refractivity contribution in [3.8, 4) is 11.8 Å². The molecule has 140 valence electrons. The quantitative estimate of drug-likeness (QED) is 0.567. The monoisotopic (exact) mass is 411 g/mol. The normalized spacial score (nSPS) is 10.9. The molecule has 2 aromatic rings. The van der Waals surface area contributed by atoms with E-state index in [4.69, 9.17) is 28.9 Å². The number of amides is 1. The van der Waals surface area contributed by atoms with E-state index in [2.05, 4.69) is 15.9 Å². The van der Waals surface area contributed by atoms with Crippen molar-refractivity contribution in [1.29, 1.82) is 5.26 Å². The van der Waals surface area contributed by atoms with Crippen molar-refractivity contribution in [2.24, 2.45) is 5.73 Å². The molecule has 0 bridgehead atoms. The smallest absolute Gasteiger partial charge is 0.371 e. The number of benzene rings is 1. The number of primary amides is 1. The molecule has 1 aromatic carbocycles. The van der Waals surface area contributed by atoms with Crippen LogP contribution in [0.5, 0.6) is 0 Å². The first kappa shape index (κ1) is 20.2. The molecule has 2 rings (SSSR count). The van der Waals surface area contributed by atoms with Crippen molar-refractivity contribution in [2.75, 3.05) is 0 Å². The third kappa shape index (κ3) is 3.99. The molecule has 0 saturated heterocycles. The molecule has 3 N–H and O–H groups in total. The summed E-state index contributed by atoms with van der Waals surface area (Å²) >= 11 is 12.4. The standard InChI is InChI=1S/C15H11Cl2N5O5/c1-15(2,5-18)9-7(16)3-6(4-8(9)17)22-14(26)20-11(23)10(21-22)12(24)27-13(19)25/h3-4H,1-2H3,(H2,19,25)(H,20,23,26). The molecule has 1 aromatic heterocycles. The molecule has 0 spiro atoms. The molecule has 1 heterocycles.